The molecule has 1 saturated carbocycles. The first-order valence-corrected chi connectivity index (χ1v) is 13.2. The van der Waals surface area contributed by atoms with Gasteiger partial charge in [0.05, 0.1) is 10.5 Å². The second-order valence-electron chi connectivity index (χ2n) is 10.3. The number of ketones is 1. The number of fused-ring (bicyclic) bond motifs is 2. The third-order valence-corrected chi connectivity index (χ3v) is 9.14. The van der Waals surface area contributed by atoms with Crippen LogP contribution in [0.5, 0.6) is 0 Å². The zero-order valence-electron chi connectivity index (χ0n) is 19.0. The molecule has 2 fully saturated rings. The lowest BCUT2D eigenvalue weighted by Gasteiger charge is -2.39. The molecule has 4 rings (SSSR count). The number of halogens is 1. The first kappa shape index (κ1) is 24.1. The molecule has 0 N–H and O–H groups in total. The van der Waals surface area contributed by atoms with E-state index in [-0.39, 0.29) is 33.1 Å². The van der Waals surface area contributed by atoms with Crippen molar-refractivity contribution in [2.45, 2.75) is 51.0 Å². The molecular weight excluding hydrogens is 506 g/mol. The lowest BCUT2D eigenvalue weighted by molar-refractivity contribution is 0.0474. The molecule has 8 heteroatoms. The van der Waals surface area contributed by atoms with Crippen LogP contribution in [0.2, 0.25) is 0 Å². The zero-order chi connectivity index (χ0) is 24.0. The van der Waals surface area contributed by atoms with Gasteiger partial charge in [0.1, 0.15) is 0 Å². The van der Waals surface area contributed by atoms with Crippen LogP contribution in [0.15, 0.2) is 57.9 Å². The summed E-state index contributed by atoms with van der Waals surface area (Å²) >= 11 is 3.31. The highest BCUT2D eigenvalue weighted by molar-refractivity contribution is 9.10. The second kappa shape index (κ2) is 8.64. The van der Waals surface area contributed by atoms with Gasteiger partial charge in [-0.1, -0.05) is 61.0 Å². The Hall–Kier alpha value is -2.03. The Bertz CT molecular complexity index is 1210. The third kappa shape index (κ3) is 4.93. The molecule has 1 heterocycles. The number of nitrogens with zero attached hydrogens (tertiary/aromatic N) is 1. The van der Waals surface area contributed by atoms with Gasteiger partial charge in [0.2, 0.25) is 15.8 Å². The van der Waals surface area contributed by atoms with Gasteiger partial charge < -0.3 is 4.74 Å². The summed E-state index contributed by atoms with van der Waals surface area (Å²) < 4.78 is 34.4. The fourth-order valence-electron chi connectivity index (χ4n) is 5.59. The topological polar surface area (TPSA) is 80.8 Å². The van der Waals surface area contributed by atoms with Crippen molar-refractivity contribution in [3.05, 3.63) is 64.1 Å². The Morgan fingerprint density at radius 3 is 2.55 bits per heavy atom. The van der Waals surface area contributed by atoms with E-state index in [0.29, 0.717) is 16.6 Å². The number of sulfonamides is 1. The third-order valence-electron chi connectivity index (χ3n) is 6.55. The molecular formula is C25H28BrNO5S. The maximum absolute atomic E-state index is 13.5. The van der Waals surface area contributed by atoms with Gasteiger partial charge in [0, 0.05) is 22.6 Å². The molecule has 2 bridgehead atoms. The number of ether oxygens (including phenoxy) is 1. The lowest BCUT2D eigenvalue weighted by atomic mass is 9.65. The minimum Gasteiger partial charge on any atom is -0.454 e. The number of carbonyl (C=O) groups is 2. The summed E-state index contributed by atoms with van der Waals surface area (Å²) in [4.78, 5) is 25.0. The summed E-state index contributed by atoms with van der Waals surface area (Å²) in [5, 5.41) is 0. The van der Waals surface area contributed by atoms with Crippen LogP contribution in [-0.2, 0) is 14.8 Å². The molecule has 2 atom stereocenters. The number of carbonyl (C=O) groups excluding carboxylic acids is 2. The van der Waals surface area contributed by atoms with Crippen molar-refractivity contribution in [1.82, 2.24) is 4.31 Å². The summed E-state index contributed by atoms with van der Waals surface area (Å²) in [6.45, 7) is 6.60. The minimum absolute atomic E-state index is 0.0396. The Morgan fingerprint density at radius 1 is 1.09 bits per heavy atom. The first-order chi connectivity index (χ1) is 15.4. The SMILES string of the molecule is CC1(C)CC2CC(C)(CN2S(=O)(=O)c2cccc(C(=O)OCC(=O)c3ccccc3Br)c2)C1. The quantitative estimate of drug-likeness (QED) is 0.382. The number of rotatable bonds is 6. The van der Waals surface area contributed by atoms with Gasteiger partial charge >= 0.3 is 5.97 Å². The Labute approximate surface area is 203 Å². The monoisotopic (exact) mass is 533 g/mol. The average molecular weight is 534 g/mol. The molecule has 1 aliphatic heterocycles. The Balaban J connectivity index is 1.50. The van der Waals surface area contributed by atoms with Crippen molar-refractivity contribution >= 4 is 37.7 Å². The van der Waals surface area contributed by atoms with Gasteiger partial charge in [-0.2, -0.15) is 4.31 Å². The molecule has 1 aliphatic carbocycles. The van der Waals surface area contributed by atoms with Crippen LogP contribution in [-0.4, -0.2) is 43.7 Å². The fraction of sp³-hybridized carbons (Fsp3) is 0.440. The van der Waals surface area contributed by atoms with Gasteiger partial charge in [-0.15, -0.1) is 0 Å². The van der Waals surface area contributed by atoms with E-state index in [1.165, 1.54) is 24.3 Å². The molecule has 33 heavy (non-hydrogen) atoms. The summed E-state index contributed by atoms with van der Waals surface area (Å²) in [5.41, 5.74) is 0.568. The van der Waals surface area contributed by atoms with Gasteiger partial charge in [0.25, 0.3) is 0 Å². The molecule has 1 saturated heterocycles. The maximum atomic E-state index is 13.5. The summed E-state index contributed by atoms with van der Waals surface area (Å²) in [6, 6.07) is 12.7. The van der Waals surface area contributed by atoms with E-state index in [0.717, 1.165) is 19.3 Å². The summed E-state index contributed by atoms with van der Waals surface area (Å²) in [5.74, 6) is -1.08. The van der Waals surface area contributed by atoms with Gasteiger partial charge in [-0.05, 0) is 54.4 Å². The van der Waals surface area contributed by atoms with Crippen molar-refractivity contribution in [2.75, 3.05) is 13.2 Å². The molecule has 2 aromatic carbocycles. The minimum atomic E-state index is -3.76. The summed E-state index contributed by atoms with van der Waals surface area (Å²) in [6.07, 6.45) is 2.66. The predicted octanol–water partition coefficient (Wildman–Crippen LogP) is 5.08. The molecule has 2 aromatic rings. The van der Waals surface area contributed by atoms with Crippen molar-refractivity contribution in [3.8, 4) is 0 Å². The van der Waals surface area contributed by atoms with E-state index in [9.17, 15) is 18.0 Å². The van der Waals surface area contributed by atoms with Crippen LogP contribution in [0.1, 0.15) is 60.7 Å². The van der Waals surface area contributed by atoms with Gasteiger partial charge in [-0.25, -0.2) is 13.2 Å². The number of Topliss-reactive ketones (excluding diaryl/α,β-unsaturated/α-hetero) is 1. The molecule has 6 nitrogen and oxygen atoms in total. The van der Waals surface area contributed by atoms with Crippen LogP contribution in [0, 0.1) is 10.8 Å². The highest BCUT2D eigenvalue weighted by Crippen LogP contribution is 2.53. The smallest absolute Gasteiger partial charge is 0.338 e. The summed E-state index contributed by atoms with van der Waals surface area (Å²) in [7, 11) is -3.76. The number of hydrogen-bond acceptors (Lipinski definition) is 5. The molecule has 0 radical (unpaired) electrons. The first-order valence-electron chi connectivity index (χ1n) is 11.0. The Morgan fingerprint density at radius 2 is 1.82 bits per heavy atom. The molecule has 0 spiro atoms. The van der Waals surface area contributed by atoms with E-state index in [1.807, 2.05) is 0 Å². The van der Waals surface area contributed by atoms with Crippen LogP contribution >= 0.6 is 15.9 Å². The average Bonchev–Trinajstić information content (AvgIpc) is 3.01. The zero-order valence-corrected chi connectivity index (χ0v) is 21.4. The molecule has 0 amide bonds. The number of benzene rings is 2. The molecule has 176 valence electrons. The second-order valence-corrected chi connectivity index (χ2v) is 13.0. The highest BCUT2D eigenvalue weighted by atomic mass is 79.9. The normalized spacial score (nSPS) is 24.4. The van der Waals surface area contributed by atoms with Crippen molar-refractivity contribution in [3.63, 3.8) is 0 Å². The number of hydrogen-bond donors (Lipinski definition) is 0. The van der Waals surface area contributed by atoms with Crippen molar-refractivity contribution < 1.29 is 22.7 Å². The van der Waals surface area contributed by atoms with Gasteiger partial charge in [-0.3, -0.25) is 4.79 Å². The lowest BCUT2D eigenvalue weighted by Crippen LogP contribution is -2.37. The highest BCUT2D eigenvalue weighted by Gasteiger charge is 2.53. The number of esters is 1. The van der Waals surface area contributed by atoms with Crippen LogP contribution in [0.25, 0.3) is 0 Å². The largest absolute Gasteiger partial charge is 0.454 e. The fourth-order valence-corrected chi connectivity index (χ4v) is 7.91. The van der Waals surface area contributed by atoms with Crippen LogP contribution < -0.4 is 0 Å². The van der Waals surface area contributed by atoms with Crippen LogP contribution in [0.4, 0.5) is 0 Å². The molecule has 2 unspecified atom stereocenters. The van der Waals surface area contributed by atoms with Crippen LogP contribution in [0.3, 0.4) is 0 Å². The van der Waals surface area contributed by atoms with E-state index in [1.54, 1.807) is 28.6 Å². The predicted molar refractivity (Wildman–Crippen MR) is 129 cm³/mol. The van der Waals surface area contributed by atoms with Gasteiger partial charge in [0.15, 0.2) is 6.61 Å². The Kier molecular flexibility index (Phi) is 6.31. The van der Waals surface area contributed by atoms with E-state index >= 15 is 0 Å². The van der Waals surface area contributed by atoms with E-state index in [2.05, 4.69) is 36.7 Å². The standard InChI is InChI=1S/C25H28BrNO5S/c1-24(2)12-18-13-25(3,15-24)16-27(18)33(30,31)19-8-6-7-17(11-19)23(29)32-14-22(28)20-9-4-5-10-21(20)26/h4-11,18H,12-16H2,1-3H3. The van der Waals surface area contributed by atoms with E-state index < -0.39 is 22.6 Å². The van der Waals surface area contributed by atoms with Crippen molar-refractivity contribution in [2.24, 2.45) is 10.8 Å². The van der Waals surface area contributed by atoms with Crippen molar-refractivity contribution in [1.29, 1.82) is 0 Å². The maximum Gasteiger partial charge on any atom is 0.338 e. The molecule has 2 aliphatic rings. The molecule has 0 aromatic heterocycles. The van der Waals surface area contributed by atoms with E-state index in [4.69, 9.17) is 4.74 Å².